The Balaban J connectivity index is 0.680. The maximum Gasteiger partial charge on any atom is 0.343 e. The second-order valence-corrected chi connectivity index (χ2v) is 30.4. The molecule has 626 valence electrons. The number of carboxylic acids is 1. The molecule has 22 nitrogen and oxygen atoms in total. The van der Waals surface area contributed by atoms with Crippen molar-refractivity contribution in [1.29, 1.82) is 0 Å². The van der Waals surface area contributed by atoms with E-state index in [0.717, 1.165) is 6.07 Å². The molecule has 16 aromatic rings. The zero-order chi connectivity index (χ0) is 87.4. The minimum absolute atomic E-state index is 0.0174. The zero-order valence-corrected chi connectivity index (χ0v) is 67.5. The predicted octanol–water partition coefficient (Wildman–Crippen LogP) is 20.8. The molecule has 5 aliphatic heterocycles. The van der Waals surface area contributed by atoms with E-state index in [1.54, 1.807) is 224 Å². The van der Waals surface area contributed by atoms with E-state index in [4.69, 9.17) is 71.1 Å². The van der Waals surface area contributed by atoms with Crippen LogP contribution in [0.3, 0.4) is 0 Å². The molecule has 21 rings (SSSR count). The minimum Gasteiger partial charge on any atom is -0.478 e. The number of fused-ring (bicyclic) bond motifs is 5. The van der Waals surface area contributed by atoms with Crippen LogP contribution in [0.2, 0.25) is 0 Å². The molecule has 0 spiro atoms. The topological polar surface area (TPSA) is 261 Å². The number of aromatic carboxylic acids is 1. The first kappa shape index (κ1) is 78.6. The number of carboxylic acid groups (broad SMARTS) is 1. The summed E-state index contributed by atoms with van der Waals surface area (Å²) in [6.45, 7) is 0. The van der Waals surface area contributed by atoms with Crippen molar-refractivity contribution < 1.29 is 105 Å². The predicted molar refractivity (Wildman–Crippen MR) is 465 cm³/mol. The second-order valence-electron chi connectivity index (χ2n) is 30.4. The van der Waals surface area contributed by atoms with Crippen LogP contribution in [0, 0.1) is 0 Å². The van der Waals surface area contributed by atoms with Crippen molar-refractivity contribution in [3.63, 3.8) is 0 Å². The zero-order valence-electron chi connectivity index (χ0n) is 67.5. The fourth-order valence-electron chi connectivity index (χ4n) is 16.3. The number of esters is 5. The van der Waals surface area contributed by atoms with Gasteiger partial charge in [0.25, 0.3) is 0 Å². The molecule has 0 fully saturated rings. The average molecular weight is 1700 g/mol. The highest BCUT2D eigenvalue weighted by Gasteiger charge is 2.54. The third-order valence-electron chi connectivity index (χ3n) is 22.4. The van der Waals surface area contributed by atoms with E-state index < -0.39 is 76.3 Å². The van der Waals surface area contributed by atoms with Gasteiger partial charge in [0.05, 0.1) is 33.4 Å². The Bertz CT molecular complexity index is 6880. The van der Waals surface area contributed by atoms with Gasteiger partial charge in [0, 0.05) is 55.6 Å². The first-order valence-corrected chi connectivity index (χ1v) is 40.9. The van der Waals surface area contributed by atoms with Gasteiger partial charge in [-0.2, -0.15) is 0 Å². The summed E-state index contributed by atoms with van der Waals surface area (Å²) in [4.78, 5) is 90.4. The molecule has 129 heavy (non-hydrogen) atoms. The lowest BCUT2D eigenvalue weighted by Crippen LogP contribution is -2.36. The monoisotopic (exact) mass is 1700 g/mol. The molecule has 0 saturated carbocycles. The third-order valence-corrected chi connectivity index (χ3v) is 22.4. The maximum absolute atomic E-state index is 16.0. The number of carbonyl (C=O) groups excluding carboxylic acids is 5. The standard InChI is InChI=1S/C107H66O22/c108-97(109)67-56-82(92-87(57-67)120-103(125-92,72-36-14-2-15-37-72)73-38-16-3-17-39-73)116-99(111)69-59-84(94-89(63-69)122-105(127-94,76-44-22-6-23-45-76)77-46-24-7-25-47-77)118-101(113)71-61-86(96-91(65-71)124-107(129-96,80-52-30-10-31-53-80)81-54-32-11-33-55-81)119-102(114)70-60-85(95-90(64-70)123-106(128-95,78-48-26-8-27-49-78)79-50-28-9-29-51-79)117-100(112)68-58-83(115-98(110)66-34-12-1-13-35-66)93-88(62-68)121-104(126-93,74-40-18-4-19-41-74)75-42-20-5-21-43-75/h1-65H,(H,108,109). The van der Waals surface area contributed by atoms with Crippen molar-refractivity contribution in [2.75, 3.05) is 0 Å². The van der Waals surface area contributed by atoms with E-state index >= 15 is 19.2 Å². The number of rotatable bonds is 21. The number of hydrogen-bond acceptors (Lipinski definition) is 21. The molecule has 0 bridgehead atoms. The summed E-state index contributed by atoms with van der Waals surface area (Å²) < 4.78 is 102. The van der Waals surface area contributed by atoms with Crippen LogP contribution < -0.4 is 71.1 Å². The summed E-state index contributed by atoms with van der Waals surface area (Å²) in [5, 5.41) is 10.6. The lowest BCUT2D eigenvalue weighted by Gasteiger charge is -2.28. The molecule has 0 amide bonds. The van der Waals surface area contributed by atoms with Gasteiger partial charge < -0.3 is 76.2 Å². The van der Waals surface area contributed by atoms with Crippen LogP contribution in [0.1, 0.15) is 118 Å². The highest BCUT2D eigenvalue weighted by atomic mass is 16.8. The Morgan fingerprint density at radius 1 is 0.178 bits per heavy atom. The van der Waals surface area contributed by atoms with Crippen molar-refractivity contribution in [3.05, 3.63) is 483 Å². The highest BCUT2D eigenvalue weighted by molar-refractivity contribution is 6.00. The van der Waals surface area contributed by atoms with E-state index in [9.17, 15) is 14.7 Å². The molecule has 22 heteroatoms. The lowest BCUT2D eigenvalue weighted by atomic mass is 9.97. The Morgan fingerprint density at radius 2 is 0.326 bits per heavy atom. The molecular weight excluding hydrogens is 1640 g/mol. The summed E-state index contributed by atoms with van der Waals surface area (Å²) in [7, 11) is 0. The lowest BCUT2D eigenvalue weighted by molar-refractivity contribution is -0.0470. The molecule has 5 aliphatic rings. The van der Waals surface area contributed by atoms with Gasteiger partial charge >= 0.3 is 64.8 Å². The molecule has 0 unspecified atom stereocenters. The normalized spacial score (nSPS) is 14.6. The summed E-state index contributed by atoms with van der Waals surface area (Å²) in [6, 6.07) is 111. The quantitative estimate of drug-likeness (QED) is 0.0517. The molecule has 0 aromatic heterocycles. The minimum atomic E-state index is -1.85. The van der Waals surface area contributed by atoms with Crippen LogP contribution >= 0.6 is 0 Å². The van der Waals surface area contributed by atoms with E-state index in [1.807, 2.05) is 109 Å². The van der Waals surface area contributed by atoms with Gasteiger partial charge in [-0.25, -0.2) is 28.8 Å². The second kappa shape index (κ2) is 31.9. The van der Waals surface area contributed by atoms with Crippen molar-refractivity contribution in [1.82, 2.24) is 0 Å². The molecule has 5 heterocycles. The first-order valence-electron chi connectivity index (χ1n) is 40.9. The van der Waals surface area contributed by atoms with Gasteiger partial charge in [-0.05, 0) is 72.8 Å². The van der Waals surface area contributed by atoms with Crippen LogP contribution in [0.15, 0.2) is 394 Å². The highest BCUT2D eigenvalue weighted by Crippen LogP contribution is 2.60. The molecule has 1 N–H and O–H groups in total. The number of benzene rings is 16. The van der Waals surface area contributed by atoms with E-state index in [1.165, 1.54) is 54.6 Å². The van der Waals surface area contributed by atoms with Crippen molar-refractivity contribution >= 4 is 35.8 Å². The van der Waals surface area contributed by atoms with Gasteiger partial charge in [0.15, 0.2) is 57.5 Å². The van der Waals surface area contributed by atoms with Gasteiger partial charge in [0.1, 0.15) is 0 Å². The maximum atomic E-state index is 16.0. The molecule has 0 aliphatic carbocycles. The molecule has 0 radical (unpaired) electrons. The largest absolute Gasteiger partial charge is 0.478 e. The molecular formula is C107H66O22. The summed E-state index contributed by atoms with van der Waals surface area (Å²) in [5.74, 6) is -18.5. The van der Waals surface area contributed by atoms with Gasteiger partial charge in [-0.3, -0.25) is 0 Å². The summed E-state index contributed by atoms with van der Waals surface area (Å²) >= 11 is 0. The van der Waals surface area contributed by atoms with E-state index in [2.05, 4.69) is 0 Å². The fourth-order valence-corrected chi connectivity index (χ4v) is 16.3. The van der Waals surface area contributed by atoms with Gasteiger partial charge in [0.2, 0.25) is 28.7 Å². The van der Waals surface area contributed by atoms with Gasteiger partial charge in [-0.1, -0.05) is 322 Å². The average Bonchev–Trinajstić information content (AvgIpc) is 1.60. The third kappa shape index (κ3) is 14.0. The Labute approximate surface area is 735 Å². The molecule has 0 saturated heterocycles. The van der Waals surface area contributed by atoms with E-state index in [0.29, 0.717) is 55.6 Å². The van der Waals surface area contributed by atoms with Crippen molar-refractivity contribution in [3.8, 4) is 86.2 Å². The molecule has 16 aromatic carbocycles. The van der Waals surface area contributed by atoms with E-state index in [-0.39, 0.29) is 108 Å². The summed E-state index contributed by atoms with van der Waals surface area (Å²) in [6.07, 6.45) is 0. The number of carbonyl (C=O) groups is 6. The van der Waals surface area contributed by atoms with Crippen LogP contribution in [-0.4, -0.2) is 40.9 Å². The van der Waals surface area contributed by atoms with Crippen LogP contribution in [0.5, 0.6) is 86.2 Å². The van der Waals surface area contributed by atoms with Crippen molar-refractivity contribution in [2.24, 2.45) is 0 Å². The van der Waals surface area contributed by atoms with Gasteiger partial charge in [-0.15, -0.1) is 0 Å². The molecule has 0 atom stereocenters. The SMILES string of the molecule is O=C(O)c1cc(OC(=O)c2cc(OC(=O)c3cc(OC(=O)c4cc(OC(=O)c5cc(OC(=O)c6ccccc6)c6c(c5)OC(c5ccccc5)(c5ccccc5)O6)c5c(c4)OC(c4ccccc4)(c4ccccc4)O5)c4c(c3)OC(c3ccccc3)(c3ccccc3)O4)c3c(c2)OC(c2ccccc2)(c2ccccc2)O3)c2c(c1)OC(c1ccccc1)(c1ccccc1)O2. The number of hydrogen-bond donors (Lipinski definition) is 1. The van der Waals surface area contributed by atoms with Crippen LogP contribution in [-0.2, 0) is 28.9 Å². The Hall–Kier alpha value is -17.7. The first-order chi connectivity index (χ1) is 63.1. The Kier molecular flexibility index (Phi) is 19.4. The van der Waals surface area contributed by atoms with Crippen molar-refractivity contribution in [2.45, 2.75) is 28.9 Å². The van der Waals surface area contributed by atoms with Crippen LogP contribution in [0.4, 0.5) is 0 Å². The number of ether oxygens (including phenoxy) is 15. The fraction of sp³-hybridized carbons (Fsp3) is 0.0467. The summed E-state index contributed by atoms with van der Waals surface area (Å²) in [5.41, 5.74) is 3.67. The smallest absolute Gasteiger partial charge is 0.343 e. The van der Waals surface area contributed by atoms with Crippen LogP contribution in [0.25, 0.3) is 0 Å². The Morgan fingerprint density at radius 3 is 0.496 bits per heavy atom.